The van der Waals surface area contributed by atoms with E-state index in [0.717, 1.165) is 0 Å². The summed E-state index contributed by atoms with van der Waals surface area (Å²) in [5.74, 6) is 1.93. The Hall–Kier alpha value is -2.73. The van der Waals surface area contributed by atoms with Gasteiger partial charge >= 0.3 is 6.03 Å². The molecular weight excluding hydrogens is 320 g/mol. The van der Waals surface area contributed by atoms with Crippen molar-refractivity contribution in [1.29, 1.82) is 0 Å². The van der Waals surface area contributed by atoms with Crippen LogP contribution in [0.3, 0.4) is 0 Å². The summed E-state index contributed by atoms with van der Waals surface area (Å²) in [7, 11) is 1.59. The highest BCUT2D eigenvalue weighted by Gasteiger charge is 2.31. The molecule has 1 aliphatic heterocycles. The molecule has 1 saturated heterocycles. The number of ether oxygens (including phenoxy) is 2. The van der Waals surface area contributed by atoms with Gasteiger partial charge in [-0.3, -0.25) is 0 Å². The highest BCUT2D eigenvalue weighted by molar-refractivity contribution is 5.89. The van der Waals surface area contributed by atoms with Crippen LogP contribution in [0.5, 0.6) is 17.2 Å². The van der Waals surface area contributed by atoms with Gasteiger partial charge in [-0.05, 0) is 49.7 Å². The van der Waals surface area contributed by atoms with Crippen molar-refractivity contribution in [3.8, 4) is 17.2 Å². The minimum Gasteiger partial charge on any atom is -0.493 e. The maximum atomic E-state index is 12.3. The second kappa shape index (κ2) is 7.44. The van der Waals surface area contributed by atoms with E-state index in [1.807, 2.05) is 31.2 Å². The molecule has 0 aromatic heterocycles. The summed E-state index contributed by atoms with van der Waals surface area (Å²) in [6, 6.07) is 14.3. The monoisotopic (exact) mass is 342 g/mol. The van der Waals surface area contributed by atoms with E-state index in [1.165, 1.54) is 0 Å². The maximum Gasteiger partial charge on any atom is 0.322 e. The Balaban J connectivity index is 1.63. The third kappa shape index (κ3) is 4.03. The summed E-state index contributed by atoms with van der Waals surface area (Å²) in [5, 5.41) is 12.5. The zero-order valence-electron chi connectivity index (χ0n) is 14.3. The van der Waals surface area contributed by atoms with Gasteiger partial charge in [0.25, 0.3) is 0 Å². The Morgan fingerprint density at radius 3 is 2.44 bits per heavy atom. The fraction of sp³-hybridized carbons (Fsp3) is 0.316. The molecule has 0 unspecified atom stereocenters. The van der Waals surface area contributed by atoms with E-state index in [-0.39, 0.29) is 12.1 Å². The number of likely N-dealkylation sites (tertiary alicyclic amines) is 1. The lowest BCUT2D eigenvalue weighted by atomic mass is 10.2. The minimum atomic E-state index is -0.447. The van der Waals surface area contributed by atoms with Crippen molar-refractivity contribution >= 4 is 11.7 Å². The molecule has 0 saturated carbocycles. The number of rotatable bonds is 4. The fourth-order valence-electron chi connectivity index (χ4n) is 2.92. The predicted octanol–water partition coefficient (Wildman–Crippen LogP) is 3.47. The van der Waals surface area contributed by atoms with Crippen LogP contribution in [0.1, 0.15) is 13.3 Å². The zero-order valence-corrected chi connectivity index (χ0v) is 14.3. The van der Waals surface area contributed by atoms with Crippen molar-refractivity contribution in [2.24, 2.45) is 0 Å². The molecule has 3 rings (SSSR count). The number of β-amino-alcohol motifs (C(OH)–C–C–N with tert-alkyl or cyclic N) is 1. The van der Waals surface area contributed by atoms with E-state index >= 15 is 0 Å². The standard InChI is InChI=1S/C19H22N2O4/c1-13-11-15(22)12-21(13)19(23)20-14-7-9-16(10-8-14)25-18-6-4-3-5-17(18)24-2/h3-10,13,15,22H,11-12H2,1-2H3,(H,20,23)/t13-,15-/m1/s1. The zero-order chi connectivity index (χ0) is 17.8. The van der Waals surface area contributed by atoms with Crippen LogP contribution in [0, 0.1) is 0 Å². The van der Waals surface area contributed by atoms with Gasteiger partial charge in [-0.1, -0.05) is 12.1 Å². The Bertz CT molecular complexity index is 732. The number of hydrogen-bond acceptors (Lipinski definition) is 4. The quantitative estimate of drug-likeness (QED) is 0.892. The van der Waals surface area contributed by atoms with E-state index in [0.29, 0.717) is 35.9 Å². The number of benzene rings is 2. The highest BCUT2D eigenvalue weighted by Crippen LogP contribution is 2.31. The van der Waals surface area contributed by atoms with Gasteiger partial charge in [0.15, 0.2) is 11.5 Å². The number of nitrogens with one attached hydrogen (secondary N) is 1. The van der Waals surface area contributed by atoms with Gasteiger partial charge in [-0.25, -0.2) is 4.79 Å². The topological polar surface area (TPSA) is 71.0 Å². The molecule has 0 radical (unpaired) electrons. The molecule has 6 heteroatoms. The van der Waals surface area contributed by atoms with Gasteiger partial charge in [0, 0.05) is 18.3 Å². The van der Waals surface area contributed by atoms with Crippen LogP contribution in [-0.4, -0.2) is 41.8 Å². The second-order valence-corrected chi connectivity index (χ2v) is 6.10. The number of methoxy groups -OCH3 is 1. The maximum absolute atomic E-state index is 12.3. The Kier molecular flexibility index (Phi) is 5.09. The first-order valence-electron chi connectivity index (χ1n) is 8.23. The van der Waals surface area contributed by atoms with Crippen LogP contribution in [0.2, 0.25) is 0 Å². The summed E-state index contributed by atoms with van der Waals surface area (Å²) >= 11 is 0. The van der Waals surface area contributed by atoms with Gasteiger partial charge in [0.2, 0.25) is 0 Å². The summed E-state index contributed by atoms with van der Waals surface area (Å²) in [6.45, 7) is 2.29. The van der Waals surface area contributed by atoms with Crippen LogP contribution in [0.15, 0.2) is 48.5 Å². The van der Waals surface area contributed by atoms with Gasteiger partial charge in [0.05, 0.1) is 13.2 Å². The summed E-state index contributed by atoms with van der Waals surface area (Å²) in [5.41, 5.74) is 0.672. The lowest BCUT2D eigenvalue weighted by Crippen LogP contribution is -2.37. The number of nitrogens with zero attached hydrogens (tertiary/aromatic N) is 1. The molecule has 0 spiro atoms. The number of aliphatic hydroxyl groups is 1. The van der Waals surface area contributed by atoms with Crippen molar-refractivity contribution in [1.82, 2.24) is 4.90 Å². The summed E-state index contributed by atoms with van der Waals surface area (Å²) in [4.78, 5) is 13.9. The van der Waals surface area contributed by atoms with Crippen molar-refractivity contribution in [2.45, 2.75) is 25.5 Å². The van der Waals surface area contributed by atoms with Gasteiger partial charge in [-0.2, -0.15) is 0 Å². The van der Waals surface area contributed by atoms with Crippen LogP contribution < -0.4 is 14.8 Å². The summed E-state index contributed by atoms with van der Waals surface area (Å²) < 4.78 is 11.1. The first-order chi connectivity index (χ1) is 12.1. The van der Waals surface area contributed by atoms with Gasteiger partial charge < -0.3 is 24.8 Å². The van der Waals surface area contributed by atoms with Crippen LogP contribution in [0.4, 0.5) is 10.5 Å². The predicted molar refractivity (Wildman–Crippen MR) is 95.3 cm³/mol. The number of carbonyl (C=O) groups is 1. The number of para-hydroxylation sites is 2. The third-order valence-corrected chi connectivity index (χ3v) is 4.22. The first-order valence-corrected chi connectivity index (χ1v) is 8.23. The fourth-order valence-corrected chi connectivity index (χ4v) is 2.92. The smallest absolute Gasteiger partial charge is 0.322 e. The van der Waals surface area contributed by atoms with E-state index in [1.54, 1.807) is 36.3 Å². The lowest BCUT2D eigenvalue weighted by Gasteiger charge is -2.21. The largest absolute Gasteiger partial charge is 0.493 e. The minimum absolute atomic E-state index is 0.0307. The van der Waals surface area contributed by atoms with Gasteiger partial charge in [-0.15, -0.1) is 0 Å². The molecule has 1 fully saturated rings. The molecule has 2 atom stereocenters. The SMILES string of the molecule is COc1ccccc1Oc1ccc(NC(=O)N2C[C@H](O)C[C@H]2C)cc1. The molecule has 2 aromatic rings. The molecular formula is C19H22N2O4. The molecule has 2 aromatic carbocycles. The Morgan fingerprint density at radius 2 is 1.84 bits per heavy atom. The van der Waals surface area contributed by atoms with E-state index in [9.17, 15) is 9.90 Å². The molecule has 1 aliphatic rings. The number of hydrogen-bond donors (Lipinski definition) is 2. The lowest BCUT2D eigenvalue weighted by molar-refractivity contribution is 0.176. The first kappa shape index (κ1) is 17.1. The number of aliphatic hydroxyl groups excluding tert-OH is 1. The average molecular weight is 342 g/mol. The molecule has 132 valence electrons. The molecule has 25 heavy (non-hydrogen) atoms. The molecule has 2 amide bonds. The normalized spacial score (nSPS) is 19.6. The van der Waals surface area contributed by atoms with Crippen molar-refractivity contribution in [3.63, 3.8) is 0 Å². The van der Waals surface area contributed by atoms with E-state index < -0.39 is 6.10 Å². The average Bonchev–Trinajstić information content (AvgIpc) is 2.95. The van der Waals surface area contributed by atoms with Crippen molar-refractivity contribution < 1.29 is 19.4 Å². The summed E-state index contributed by atoms with van der Waals surface area (Å²) in [6.07, 6.45) is 0.163. The molecule has 2 N–H and O–H groups in total. The Labute approximate surface area is 147 Å². The molecule has 0 aliphatic carbocycles. The van der Waals surface area contributed by atoms with Gasteiger partial charge in [0.1, 0.15) is 5.75 Å². The second-order valence-electron chi connectivity index (χ2n) is 6.10. The van der Waals surface area contributed by atoms with Crippen LogP contribution >= 0.6 is 0 Å². The Morgan fingerprint density at radius 1 is 1.16 bits per heavy atom. The van der Waals surface area contributed by atoms with Crippen molar-refractivity contribution in [2.75, 3.05) is 19.0 Å². The molecule has 1 heterocycles. The third-order valence-electron chi connectivity index (χ3n) is 4.22. The molecule has 6 nitrogen and oxygen atoms in total. The van der Waals surface area contributed by atoms with Crippen molar-refractivity contribution in [3.05, 3.63) is 48.5 Å². The molecule has 0 bridgehead atoms. The van der Waals surface area contributed by atoms with E-state index in [4.69, 9.17) is 9.47 Å². The number of anilines is 1. The number of amides is 2. The number of carbonyl (C=O) groups excluding carboxylic acids is 1. The highest BCUT2D eigenvalue weighted by atomic mass is 16.5. The number of urea groups is 1. The van der Waals surface area contributed by atoms with E-state index in [2.05, 4.69) is 5.32 Å². The van der Waals surface area contributed by atoms with Crippen LogP contribution in [0.25, 0.3) is 0 Å². The van der Waals surface area contributed by atoms with Crippen LogP contribution in [-0.2, 0) is 0 Å².